The lowest BCUT2D eigenvalue weighted by Gasteiger charge is -2.16. The van der Waals surface area contributed by atoms with Crippen LogP contribution in [0.25, 0.3) is 21.6 Å². The van der Waals surface area contributed by atoms with Gasteiger partial charge in [-0.15, -0.1) is 0 Å². The topological polar surface area (TPSA) is 48.8 Å². The van der Waals surface area contributed by atoms with E-state index in [4.69, 9.17) is 5.53 Å². The second-order valence-corrected chi connectivity index (χ2v) is 5.68. The summed E-state index contributed by atoms with van der Waals surface area (Å²) in [4.78, 5) is 2.85. The SMILES string of the molecule is CCC(=C(c1ccccc1)c1ccc(N=[N+]=[N-])cc1)c1ccccc1. The van der Waals surface area contributed by atoms with E-state index in [9.17, 15) is 0 Å². The molecule has 3 aromatic carbocycles. The molecule has 0 spiro atoms. The molecule has 0 radical (unpaired) electrons. The van der Waals surface area contributed by atoms with Gasteiger partial charge in [0.05, 0.1) is 0 Å². The molecule has 0 atom stereocenters. The van der Waals surface area contributed by atoms with Crippen LogP contribution in [-0.4, -0.2) is 0 Å². The summed E-state index contributed by atoms with van der Waals surface area (Å²) in [5, 5.41) is 3.67. The first-order valence-electron chi connectivity index (χ1n) is 8.33. The molecule has 3 heteroatoms. The smallest absolute Gasteiger partial charge is 0.0375 e. The van der Waals surface area contributed by atoms with E-state index in [1.54, 1.807) is 0 Å². The van der Waals surface area contributed by atoms with Gasteiger partial charge in [-0.2, -0.15) is 0 Å². The predicted octanol–water partition coefficient (Wildman–Crippen LogP) is 7.00. The van der Waals surface area contributed by atoms with Crippen LogP contribution in [0, 0.1) is 0 Å². The van der Waals surface area contributed by atoms with Gasteiger partial charge >= 0.3 is 0 Å². The van der Waals surface area contributed by atoms with Crippen LogP contribution < -0.4 is 0 Å². The van der Waals surface area contributed by atoms with E-state index in [1.165, 1.54) is 22.3 Å². The molecule has 0 N–H and O–H groups in total. The highest BCUT2D eigenvalue weighted by Gasteiger charge is 2.12. The Labute approximate surface area is 147 Å². The average molecular weight is 325 g/mol. The van der Waals surface area contributed by atoms with Crippen LogP contribution in [-0.2, 0) is 0 Å². The first-order valence-corrected chi connectivity index (χ1v) is 8.33. The summed E-state index contributed by atoms with van der Waals surface area (Å²) in [6, 6.07) is 28.6. The minimum atomic E-state index is 0.622. The monoisotopic (exact) mass is 325 g/mol. The number of allylic oxidation sites excluding steroid dienone is 1. The second kappa shape index (κ2) is 8.00. The average Bonchev–Trinajstić information content (AvgIpc) is 2.68. The van der Waals surface area contributed by atoms with E-state index in [0.717, 1.165) is 12.0 Å². The molecule has 0 saturated carbocycles. The number of azide groups is 1. The van der Waals surface area contributed by atoms with Crippen LogP contribution in [0.4, 0.5) is 5.69 Å². The van der Waals surface area contributed by atoms with Crippen molar-refractivity contribution in [3.05, 3.63) is 112 Å². The van der Waals surface area contributed by atoms with Gasteiger partial charge in [-0.1, -0.05) is 97.0 Å². The molecule has 3 aromatic rings. The van der Waals surface area contributed by atoms with Gasteiger partial charge < -0.3 is 0 Å². The van der Waals surface area contributed by atoms with Gasteiger partial charge in [0, 0.05) is 10.6 Å². The highest BCUT2D eigenvalue weighted by atomic mass is 15.1. The Hall–Kier alpha value is -3.29. The fraction of sp³-hybridized carbons (Fsp3) is 0.0909. The Kier molecular flexibility index (Phi) is 5.30. The first-order chi connectivity index (χ1) is 12.3. The third-order valence-electron chi connectivity index (χ3n) is 4.16. The molecule has 0 heterocycles. The van der Waals surface area contributed by atoms with Crippen molar-refractivity contribution in [1.29, 1.82) is 0 Å². The molecule has 0 aliphatic carbocycles. The number of benzene rings is 3. The van der Waals surface area contributed by atoms with Gasteiger partial charge in [0.2, 0.25) is 0 Å². The van der Waals surface area contributed by atoms with Crippen molar-refractivity contribution >= 4 is 16.8 Å². The lowest BCUT2D eigenvalue weighted by molar-refractivity contribution is 1.24. The van der Waals surface area contributed by atoms with Crippen LogP contribution in [0.2, 0.25) is 0 Å². The van der Waals surface area contributed by atoms with Crippen LogP contribution in [0.3, 0.4) is 0 Å². The van der Waals surface area contributed by atoms with E-state index in [-0.39, 0.29) is 0 Å². The standard InChI is InChI=1S/C22H19N3/c1-2-21(17-9-5-3-6-10-17)22(18-11-7-4-8-12-18)19-13-15-20(16-14-19)24-25-23/h3-16H,2H2,1H3. The summed E-state index contributed by atoms with van der Waals surface area (Å²) in [7, 11) is 0. The zero-order chi connectivity index (χ0) is 17.5. The highest BCUT2D eigenvalue weighted by molar-refractivity contribution is 5.98. The van der Waals surface area contributed by atoms with E-state index >= 15 is 0 Å². The molecule has 0 amide bonds. The van der Waals surface area contributed by atoms with Crippen molar-refractivity contribution in [3.8, 4) is 0 Å². The zero-order valence-corrected chi connectivity index (χ0v) is 14.1. The van der Waals surface area contributed by atoms with Crippen molar-refractivity contribution < 1.29 is 0 Å². The third-order valence-corrected chi connectivity index (χ3v) is 4.16. The highest BCUT2D eigenvalue weighted by Crippen LogP contribution is 2.34. The molecule has 3 nitrogen and oxygen atoms in total. The van der Waals surface area contributed by atoms with Crippen molar-refractivity contribution in [2.24, 2.45) is 5.11 Å². The van der Waals surface area contributed by atoms with Gasteiger partial charge in [0.1, 0.15) is 0 Å². The van der Waals surface area contributed by atoms with Gasteiger partial charge in [-0.25, -0.2) is 0 Å². The molecule has 25 heavy (non-hydrogen) atoms. The van der Waals surface area contributed by atoms with Crippen molar-refractivity contribution in [2.75, 3.05) is 0 Å². The van der Waals surface area contributed by atoms with Crippen LogP contribution >= 0.6 is 0 Å². The van der Waals surface area contributed by atoms with Gasteiger partial charge in [0.15, 0.2) is 0 Å². The number of rotatable bonds is 5. The summed E-state index contributed by atoms with van der Waals surface area (Å²) in [5.41, 5.74) is 15.2. The van der Waals surface area contributed by atoms with Gasteiger partial charge in [-0.05, 0) is 39.8 Å². The number of nitrogens with zero attached hydrogens (tertiary/aromatic N) is 3. The molecule has 0 aromatic heterocycles. The summed E-state index contributed by atoms with van der Waals surface area (Å²) < 4.78 is 0. The normalized spacial score (nSPS) is 11.4. The van der Waals surface area contributed by atoms with Crippen LogP contribution in [0.5, 0.6) is 0 Å². The van der Waals surface area contributed by atoms with Crippen LogP contribution in [0.15, 0.2) is 90.0 Å². The summed E-state index contributed by atoms with van der Waals surface area (Å²) in [5.74, 6) is 0. The van der Waals surface area contributed by atoms with Gasteiger partial charge in [0.25, 0.3) is 0 Å². The van der Waals surface area contributed by atoms with Crippen molar-refractivity contribution in [3.63, 3.8) is 0 Å². The number of hydrogen-bond acceptors (Lipinski definition) is 1. The summed E-state index contributed by atoms with van der Waals surface area (Å²) >= 11 is 0. The molecule has 0 unspecified atom stereocenters. The van der Waals surface area contributed by atoms with Gasteiger partial charge in [-0.3, -0.25) is 0 Å². The molecule has 122 valence electrons. The lowest BCUT2D eigenvalue weighted by Crippen LogP contribution is -1.94. The Morgan fingerprint density at radius 1 is 0.760 bits per heavy atom. The Balaban J connectivity index is 2.22. The second-order valence-electron chi connectivity index (χ2n) is 5.68. The Morgan fingerprint density at radius 3 is 1.80 bits per heavy atom. The molecule has 0 aliphatic rings. The molecule has 0 saturated heterocycles. The van der Waals surface area contributed by atoms with E-state index in [2.05, 4.69) is 65.5 Å². The maximum atomic E-state index is 8.60. The Morgan fingerprint density at radius 2 is 1.28 bits per heavy atom. The lowest BCUT2D eigenvalue weighted by atomic mass is 9.88. The van der Waals surface area contributed by atoms with Crippen molar-refractivity contribution in [1.82, 2.24) is 0 Å². The first kappa shape index (κ1) is 16.6. The molecule has 0 fully saturated rings. The minimum absolute atomic E-state index is 0.622. The zero-order valence-electron chi connectivity index (χ0n) is 14.1. The molecule has 0 aliphatic heterocycles. The summed E-state index contributed by atoms with van der Waals surface area (Å²) in [6.45, 7) is 2.18. The van der Waals surface area contributed by atoms with Crippen molar-refractivity contribution in [2.45, 2.75) is 13.3 Å². The Bertz CT molecular complexity index is 905. The largest absolute Gasteiger partial charge is 0.0622 e. The number of hydrogen-bond donors (Lipinski definition) is 0. The predicted molar refractivity (Wildman–Crippen MR) is 104 cm³/mol. The van der Waals surface area contributed by atoms with Crippen LogP contribution in [0.1, 0.15) is 30.0 Å². The quantitative estimate of drug-likeness (QED) is 0.210. The molecular weight excluding hydrogens is 306 g/mol. The van der Waals surface area contributed by atoms with E-state index in [0.29, 0.717) is 5.69 Å². The van der Waals surface area contributed by atoms with E-state index < -0.39 is 0 Å². The fourth-order valence-electron chi connectivity index (χ4n) is 3.03. The summed E-state index contributed by atoms with van der Waals surface area (Å²) in [6.07, 6.45) is 0.923. The molecular formula is C22H19N3. The third kappa shape index (κ3) is 3.79. The molecule has 0 bridgehead atoms. The maximum absolute atomic E-state index is 8.60. The van der Waals surface area contributed by atoms with E-state index in [1.807, 2.05) is 36.4 Å². The fourth-order valence-corrected chi connectivity index (χ4v) is 3.03. The minimum Gasteiger partial charge on any atom is -0.0622 e. The maximum Gasteiger partial charge on any atom is 0.0375 e. The molecule has 3 rings (SSSR count).